The molecule has 0 atom stereocenters. The van der Waals surface area contributed by atoms with Gasteiger partial charge >= 0.3 is 0 Å². The molecule has 1 aromatic carbocycles. The van der Waals surface area contributed by atoms with Crippen molar-refractivity contribution in [2.45, 2.75) is 46.8 Å². The molecule has 43 heavy (non-hydrogen) atoms. The highest BCUT2D eigenvalue weighted by atomic mass is 32.1. The zero-order valence-corrected chi connectivity index (χ0v) is 25.9. The Morgan fingerprint density at radius 2 is 1.79 bits per heavy atom. The van der Waals surface area contributed by atoms with E-state index >= 15 is 0 Å². The number of aldehydes is 1. The lowest BCUT2D eigenvalue weighted by Gasteiger charge is -2.12. The van der Waals surface area contributed by atoms with Crippen molar-refractivity contribution >= 4 is 56.8 Å². The van der Waals surface area contributed by atoms with Crippen molar-refractivity contribution in [1.82, 2.24) is 34.2 Å². The molecule has 0 saturated carbocycles. The molecule has 5 aromatic rings. The number of imidazole rings is 2. The van der Waals surface area contributed by atoms with Crippen molar-refractivity contribution in [3.63, 3.8) is 0 Å². The van der Waals surface area contributed by atoms with Gasteiger partial charge in [0.05, 0.1) is 22.7 Å². The Kier molecular flexibility index (Phi) is 9.22. The number of benzene rings is 1. The Balaban J connectivity index is 1.41. The lowest BCUT2D eigenvalue weighted by molar-refractivity contribution is 0.101. The van der Waals surface area contributed by atoms with Crippen LogP contribution in [0.2, 0.25) is 0 Å². The summed E-state index contributed by atoms with van der Waals surface area (Å²) >= 11 is 1.34. The lowest BCUT2D eigenvalue weighted by atomic mass is 10.2. The molecule has 226 valence electrons. The summed E-state index contributed by atoms with van der Waals surface area (Å²) in [4.78, 5) is 35.5. The van der Waals surface area contributed by atoms with Crippen LogP contribution < -0.4 is 20.7 Å². The van der Waals surface area contributed by atoms with Crippen LogP contribution in [0.3, 0.4) is 0 Å². The van der Waals surface area contributed by atoms with Crippen LogP contribution in [-0.2, 0) is 19.6 Å². The van der Waals surface area contributed by atoms with Gasteiger partial charge in [-0.25, -0.2) is 9.97 Å². The summed E-state index contributed by atoms with van der Waals surface area (Å²) in [7, 11) is 3.78. The Morgan fingerprint density at radius 1 is 1.02 bits per heavy atom. The van der Waals surface area contributed by atoms with Gasteiger partial charge in [-0.2, -0.15) is 5.10 Å². The molecule has 4 aromatic heterocycles. The minimum absolute atomic E-state index is 0.290. The van der Waals surface area contributed by atoms with Crippen LogP contribution in [0.1, 0.15) is 44.8 Å². The third-order valence-electron chi connectivity index (χ3n) is 6.96. The summed E-state index contributed by atoms with van der Waals surface area (Å²) < 4.78 is 11.9. The number of hydrogen-bond donors (Lipinski definition) is 3. The van der Waals surface area contributed by atoms with Crippen molar-refractivity contribution in [3.8, 4) is 5.75 Å². The number of thiophene rings is 1. The van der Waals surface area contributed by atoms with Gasteiger partial charge < -0.3 is 19.9 Å². The number of nitrogens with zero attached hydrogens (tertiary/aromatic N) is 6. The van der Waals surface area contributed by atoms with E-state index in [4.69, 9.17) is 9.72 Å². The van der Waals surface area contributed by atoms with E-state index in [0.717, 1.165) is 58.1 Å². The number of carbonyl (C=O) groups is 2. The van der Waals surface area contributed by atoms with Crippen molar-refractivity contribution in [2.75, 3.05) is 37.9 Å². The smallest absolute Gasteiger partial charge is 0.276 e. The van der Waals surface area contributed by atoms with Crippen molar-refractivity contribution < 1.29 is 14.3 Å². The summed E-state index contributed by atoms with van der Waals surface area (Å²) in [5, 5.41) is 13.7. The molecule has 3 N–H and O–H groups in total. The number of fused-ring (bicyclic) bond motifs is 2. The van der Waals surface area contributed by atoms with Gasteiger partial charge in [0.25, 0.3) is 5.91 Å². The van der Waals surface area contributed by atoms with Crippen LogP contribution in [0.15, 0.2) is 36.4 Å². The molecule has 0 unspecified atom stereocenters. The van der Waals surface area contributed by atoms with E-state index in [-0.39, 0.29) is 5.91 Å². The molecule has 4 heterocycles. The van der Waals surface area contributed by atoms with Gasteiger partial charge in [0.1, 0.15) is 27.3 Å². The van der Waals surface area contributed by atoms with Crippen LogP contribution in [0.25, 0.3) is 21.4 Å². The van der Waals surface area contributed by atoms with Gasteiger partial charge in [-0.1, -0.05) is 12.2 Å². The van der Waals surface area contributed by atoms with Gasteiger partial charge in [0.2, 0.25) is 11.9 Å². The van der Waals surface area contributed by atoms with Gasteiger partial charge in [0.15, 0.2) is 6.29 Å². The number of carbonyl (C=O) groups excluding carboxylic acids is 2. The summed E-state index contributed by atoms with van der Waals surface area (Å²) in [6.07, 6.45) is 5.78. The first kappa shape index (κ1) is 30.0. The Hall–Kier alpha value is -4.49. The third-order valence-corrected chi connectivity index (χ3v) is 8.03. The number of ether oxygens (including phenoxy) is 1. The van der Waals surface area contributed by atoms with Crippen LogP contribution in [0, 0.1) is 13.8 Å². The number of anilines is 2. The van der Waals surface area contributed by atoms with Gasteiger partial charge in [-0.3, -0.25) is 24.2 Å². The first-order chi connectivity index (χ1) is 20.9. The second kappa shape index (κ2) is 13.2. The van der Waals surface area contributed by atoms with Crippen molar-refractivity contribution in [1.29, 1.82) is 0 Å². The fourth-order valence-electron chi connectivity index (χ4n) is 5.03. The van der Waals surface area contributed by atoms with Gasteiger partial charge in [0, 0.05) is 26.7 Å². The van der Waals surface area contributed by atoms with Crippen LogP contribution in [-0.4, -0.2) is 68.3 Å². The number of nitrogens with one attached hydrogen (secondary N) is 3. The molecule has 0 aliphatic rings. The normalized spacial score (nSPS) is 11.7. The topological polar surface area (TPSA) is 133 Å². The molecule has 0 aliphatic carbocycles. The fraction of sp³-hybridized carbons (Fsp3) is 0.367. The minimum Gasteiger partial charge on any atom is -0.491 e. The van der Waals surface area contributed by atoms with Crippen molar-refractivity contribution in [2.24, 2.45) is 0 Å². The second-order valence-corrected chi connectivity index (χ2v) is 11.2. The molecule has 0 bridgehead atoms. The first-order valence-corrected chi connectivity index (χ1v) is 15.1. The molecule has 0 radical (unpaired) electrons. The van der Waals surface area contributed by atoms with Crippen LogP contribution in [0.5, 0.6) is 5.75 Å². The summed E-state index contributed by atoms with van der Waals surface area (Å²) in [6, 6.07) is 7.60. The highest BCUT2D eigenvalue weighted by molar-refractivity contribution is 7.20. The highest BCUT2D eigenvalue weighted by Crippen LogP contribution is 2.31. The standard InChI is InChI=1S/C30H37N9O3S/c1-6-39-24(16-20(3)36-39)27(41)35-30-34-23-17-21(18-40)43-28(23)38(30)12-8-7-11-37-26-22(33-29(37)32-5)14-19(2)15-25(26)42-13-9-10-31-4/h7-8,14-18,31H,6,9-13H2,1-5H3,(H,32,33)(H,34,35,41)/b8-7+. The summed E-state index contributed by atoms with van der Waals surface area (Å²) in [6.45, 7) is 8.87. The number of allylic oxidation sites excluding steroid dienone is 2. The van der Waals surface area contributed by atoms with Crippen LogP contribution in [0.4, 0.5) is 11.9 Å². The fourth-order valence-corrected chi connectivity index (χ4v) is 5.95. The molecular weight excluding hydrogens is 566 g/mol. The molecule has 0 saturated heterocycles. The molecule has 0 spiro atoms. The zero-order valence-electron chi connectivity index (χ0n) is 25.1. The minimum atomic E-state index is -0.290. The molecule has 13 heteroatoms. The number of aryl methyl sites for hydroxylation is 3. The quantitative estimate of drug-likeness (QED) is 0.0951. The molecule has 5 rings (SSSR count). The van der Waals surface area contributed by atoms with E-state index in [1.807, 2.05) is 57.7 Å². The molecular formula is C30H37N9O3S. The predicted octanol–water partition coefficient (Wildman–Crippen LogP) is 4.63. The number of aromatic nitrogens is 6. The Morgan fingerprint density at radius 3 is 2.51 bits per heavy atom. The van der Waals surface area contributed by atoms with E-state index in [9.17, 15) is 9.59 Å². The van der Waals surface area contributed by atoms with E-state index in [2.05, 4.69) is 36.7 Å². The van der Waals surface area contributed by atoms with Crippen molar-refractivity contribution in [3.05, 3.63) is 58.2 Å². The number of hydrogen-bond acceptors (Lipinski definition) is 9. The number of amides is 1. The van der Waals surface area contributed by atoms with Crippen LogP contribution >= 0.6 is 11.3 Å². The first-order valence-electron chi connectivity index (χ1n) is 14.3. The van der Waals surface area contributed by atoms with Gasteiger partial charge in [-0.15, -0.1) is 11.3 Å². The third kappa shape index (κ3) is 6.32. The van der Waals surface area contributed by atoms with Gasteiger partial charge in [-0.05, 0) is 70.6 Å². The predicted molar refractivity (Wildman–Crippen MR) is 171 cm³/mol. The SMILES string of the molecule is CCn1nc(C)cc1C(=O)Nc1nc2cc(C=O)sc2n1C/C=C/Cn1c(NC)nc2cc(C)cc(OCCCNC)c21. The highest BCUT2D eigenvalue weighted by Gasteiger charge is 2.20. The lowest BCUT2D eigenvalue weighted by Crippen LogP contribution is -2.19. The largest absolute Gasteiger partial charge is 0.491 e. The molecule has 0 fully saturated rings. The summed E-state index contributed by atoms with van der Waals surface area (Å²) in [5.74, 6) is 1.66. The Labute approximate surface area is 253 Å². The monoisotopic (exact) mass is 603 g/mol. The maximum Gasteiger partial charge on any atom is 0.276 e. The average Bonchev–Trinajstić information content (AvgIpc) is 3.74. The van der Waals surface area contributed by atoms with E-state index in [1.165, 1.54) is 11.3 Å². The average molecular weight is 604 g/mol. The van der Waals surface area contributed by atoms with E-state index in [1.54, 1.807) is 16.8 Å². The molecule has 12 nitrogen and oxygen atoms in total. The molecule has 0 aliphatic heterocycles. The summed E-state index contributed by atoms with van der Waals surface area (Å²) in [5.41, 5.74) is 4.77. The maximum atomic E-state index is 13.2. The zero-order chi connectivity index (χ0) is 30.5. The van der Waals surface area contributed by atoms with E-state index < -0.39 is 0 Å². The second-order valence-electron chi connectivity index (χ2n) is 10.1. The van der Waals surface area contributed by atoms with E-state index in [0.29, 0.717) is 48.3 Å². The Bertz CT molecular complexity index is 1790. The number of rotatable bonds is 14. The molecule has 1 amide bonds. The maximum absolute atomic E-state index is 13.2.